The number of anilines is 1. The van der Waals surface area contributed by atoms with Crippen molar-refractivity contribution in [1.29, 1.82) is 0 Å². The molecule has 4 rings (SSSR count). The molecule has 0 N–H and O–H groups in total. The molecule has 0 spiro atoms. The van der Waals surface area contributed by atoms with Crippen LogP contribution in [0.2, 0.25) is 0 Å². The number of rotatable bonds is 5. The van der Waals surface area contributed by atoms with Crippen molar-refractivity contribution in [2.75, 3.05) is 37.7 Å². The van der Waals surface area contributed by atoms with Gasteiger partial charge in [0.2, 0.25) is 11.8 Å². The van der Waals surface area contributed by atoms with Gasteiger partial charge in [0.1, 0.15) is 0 Å². The zero-order chi connectivity index (χ0) is 22.7. The Morgan fingerprint density at radius 3 is 2.25 bits per heavy atom. The number of imide groups is 1. The van der Waals surface area contributed by atoms with E-state index in [0.29, 0.717) is 24.3 Å². The normalized spacial score (nSPS) is 23.0. The van der Waals surface area contributed by atoms with Crippen molar-refractivity contribution in [2.45, 2.75) is 51.5 Å². The maximum absolute atomic E-state index is 13.1. The largest absolute Gasteiger partial charge is 0.462 e. The van der Waals surface area contributed by atoms with Crippen LogP contribution in [0.5, 0.6) is 0 Å². The molecule has 3 saturated heterocycles. The number of benzene rings is 1. The van der Waals surface area contributed by atoms with Gasteiger partial charge in [0.25, 0.3) is 5.91 Å². The van der Waals surface area contributed by atoms with Crippen LogP contribution in [-0.2, 0) is 19.1 Å². The maximum Gasteiger partial charge on any atom is 0.338 e. The zero-order valence-electron chi connectivity index (χ0n) is 18.6. The topological polar surface area (TPSA) is 87.2 Å². The first-order valence-corrected chi connectivity index (χ1v) is 11.7. The van der Waals surface area contributed by atoms with E-state index in [9.17, 15) is 19.2 Å². The predicted octanol–water partition coefficient (Wildman–Crippen LogP) is 2.22. The van der Waals surface area contributed by atoms with Gasteiger partial charge in [-0.2, -0.15) is 0 Å². The first kappa shape index (κ1) is 22.5. The van der Waals surface area contributed by atoms with E-state index in [0.717, 1.165) is 38.8 Å². The number of carbonyl (C=O) groups excluding carboxylic acids is 4. The summed E-state index contributed by atoms with van der Waals surface area (Å²) in [7, 11) is 0. The molecular formula is C24H31N3O5. The highest BCUT2D eigenvalue weighted by molar-refractivity contribution is 6.22. The number of carbonyl (C=O) groups is 4. The van der Waals surface area contributed by atoms with Crippen molar-refractivity contribution in [3.05, 3.63) is 29.8 Å². The van der Waals surface area contributed by atoms with Gasteiger partial charge in [-0.1, -0.05) is 0 Å². The minimum absolute atomic E-state index is 0.0167. The Hall–Kier alpha value is -2.74. The first-order chi connectivity index (χ1) is 15.5. The number of esters is 1. The maximum atomic E-state index is 13.1. The Labute approximate surface area is 188 Å². The fraction of sp³-hybridized carbons (Fsp3) is 0.583. The molecule has 8 nitrogen and oxygen atoms in total. The molecule has 3 aliphatic heterocycles. The third-order valence-electron chi connectivity index (χ3n) is 6.75. The molecule has 3 fully saturated rings. The molecule has 0 aliphatic carbocycles. The van der Waals surface area contributed by atoms with E-state index in [2.05, 4.69) is 0 Å². The minimum Gasteiger partial charge on any atom is -0.462 e. The van der Waals surface area contributed by atoms with Crippen LogP contribution < -0.4 is 4.90 Å². The third kappa shape index (κ3) is 4.55. The van der Waals surface area contributed by atoms with Gasteiger partial charge in [-0.3, -0.25) is 19.3 Å². The van der Waals surface area contributed by atoms with E-state index in [1.54, 1.807) is 31.2 Å². The Morgan fingerprint density at radius 1 is 0.969 bits per heavy atom. The van der Waals surface area contributed by atoms with Crippen LogP contribution >= 0.6 is 0 Å². The number of piperidine rings is 2. The Morgan fingerprint density at radius 2 is 1.62 bits per heavy atom. The van der Waals surface area contributed by atoms with E-state index in [-0.39, 0.29) is 36.7 Å². The van der Waals surface area contributed by atoms with Crippen LogP contribution in [-0.4, -0.2) is 72.3 Å². The number of hydrogen-bond donors (Lipinski definition) is 0. The second-order valence-corrected chi connectivity index (χ2v) is 8.75. The molecule has 3 aliphatic rings. The average molecular weight is 442 g/mol. The number of ether oxygens (including phenoxy) is 1. The molecule has 1 unspecified atom stereocenters. The Balaban J connectivity index is 1.36. The number of amides is 3. The summed E-state index contributed by atoms with van der Waals surface area (Å²) in [6.07, 6.45) is 4.95. The molecule has 32 heavy (non-hydrogen) atoms. The third-order valence-corrected chi connectivity index (χ3v) is 6.75. The summed E-state index contributed by atoms with van der Waals surface area (Å²) in [4.78, 5) is 55.7. The molecule has 1 aromatic carbocycles. The van der Waals surface area contributed by atoms with Gasteiger partial charge in [-0.25, -0.2) is 9.69 Å². The van der Waals surface area contributed by atoms with Crippen molar-refractivity contribution >= 4 is 29.4 Å². The number of likely N-dealkylation sites (tertiary alicyclic amines) is 2. The zero-order valence-corrected chi connectivity index (χ0v) is 18.6. The summed E-state index contributed by atoms with van der Waals surface area (Å²) in [5.74, 6) is -0.641. The molecule has 172 valence electrons. The fourth-order valence-electron chi connectivity index (χ4n) is 4.96. The van der Waals surface area contributed by atoms with Crippen molar-refractivity contribution < 1.29 is 23.9 Å². The Kier molecular flexibility index (Phi) is 6.89. The standard InChI is InChI=1S/C24H31N3O5/c1-2-32-24(31)18-6-8-19(9-7-18)27-21(28)16-20(23(27)30)25-14-10-17(11-15-25)22(29)26-12-4-3-5-13-26/h6-9,17,20H,2-5,10-16H2,1H3. The highest BCUT2D eigenvalue weighted by Crippen LogP contribution is 2.30. The van der Waals surface area contributed by atoms with Crippen LogP contribution in [0, 0.1) is 5.92 Å². The second-order valence-electron chi connectivity index (χ2n) is 8.75. The summed E-state index contributed by atoms with van der Waals surface area (Å²) < 4.78 is 4.98. The lowest BCUT2D eigenvalue weighted by Crippen LogP contribution is -2.49. The number of hydrogen-bond acceptors (Lipinski definition) is 6. The van der Waals surface area contributed by atoms with Crippen LogP contribution in [0.1, 0.15) is 55.8 Å². The molecule has 0 saturated carbocycles. The van der Waals surface area contributed by atoms with Crippen molar-refractivity contribution in [1.82, 2.24) is 9.80 Å². The van der Waals surface area contributed by atoms with Gasteiger partial charge in [-0.05, 0) is 76.4 Å². The van der Waals surface area contributed by atoms with E-state index < -0.39 is 12.0 Å². The summed E-state index contributed by atoms with van der Waals surface area (Å²) in [6, 6.07) is 5.86. The van der Waals surface area contributed by atoms with Gasteiger partial charge < -0.3 is 9.64 Å². The van der Waals surface area contributed by atoms with Gasteiger partial charge in [0.05, 0.1) is 30.3 Å². The summed E-state index contributed by atoms with van der Waals surface area (Å²) in [6.45, 7) is 5.02. The lowest BCUT2D eigenvalue weighted by atomic mass is 9.93. The quantitative estimate of drug-likeness (QED) is 0.514. The Bertz CT molecular complexity index is 870. The van der Waals surface area contributed by atoms with E-state index >= 15 is 0 Å². The SMILES string of the molecule is CCOC(=O)c1ccc(N2C(=O)CC(N3CCC(C(=O)N4CCCCC4)CC3)C2=O)cc1. The summed E-state index contributed by atoms with van der Waals surface area (Å²) in [5, 5.41) is 0. The smallest absolute Gasteiger partial charge is 0.338 e. The van der Waals surface area contributed by atoms with Crippen LogP contribution in [0.15, 0.2) is 24.3 Å². The van der Waals surface area contributed by atoms with Crippen LogP contribution in [0.3, 0.4) is 0 Å². The van der Waals surface area contributed by atoms with Crippen LogP contribution in [0.25, 0.3) is 0 Å². The van der Waals surface area contributed by atoms with E-state index in [4.69, 9.17) is 4.74 Å². The molecule has 0 aromatic heterocycles. The molecule has 8 heteroatoms. The number of nitrogens with zero attached hydrogens (tertiary/aromatic N) is 3. The second kappa shape index (κ2) is 9.81. The first-order valence-electron chi connectivity index (χ1n) is 11.7. The minimum atomic E-state index is -0.488. The molecule has 3 heterocycles. The average Bonchev–Trinajstić information content (AvgIpc) is 3.13. The molecular weight excluding hydrogens is 410 g/mol. The molecule has 3 amide bonds. The van der Waals surface area contributed by atoms with Gasteiger partial charge in [0, 0.05) is 19.0 Å². The lowest BCUT2D eigenvalue weighted by molar-refractivity contribution is -0.138. The highest BCUT2D eigenvalue weighted by Gasteiger charge is 2.44. The predicted molar refractivity (Wildman–Crippen MR) is 118 cm³/mol. The van der Waals surface area contributed by atoms with Crippen molar-refractivity contribution in [3.8, 4) is 0 Å². The van der Waals surface area contributed by atoms with Gasteiger partial charge in [0.15, 0.2) is 0 Å². The molecule has 0 bridgehead atoms. The van der Waals surface area contributed by atoms with Crippen molar-refractivity contribution in [3.63, 3.8) is 0 Å². The van der Waals surface area contributed by atoms with E-state index in [1.807, 2.05) is 9.80 Å². The van der Waals surface area contributed by atoms with Crippen molar-refractivity contribution in [2.24, 2.45) is 5.92 Å². The van der Waals surface area contributed by atoms with E-state index in [1.165, 1.54) is 11.3 Å². The molecule has 1 aromatic rings. The fourth-order valence-corrected chi connectivity index (χ4v) is 4.96. The molecule has 0 radical (unpaired) electrons. The summed E-state index contributed by atoms with van der Waals surface area (Å²) >= 11 is 0. The van der Waals surface area contributed by atoms with Gasteiger partial charge >= 0.3 is 5.97 Å². The molecule has 1 atom stereocenters. The van der Waals surface area contributed by atoms with Crippen LogP contribution in [0.4, 0.5) is 5.69 Å². The van der Waals surface area contributed by atoms with Gasteiger partial charge in [-0.15, -0.1) is 0 Å². The highest BCUT2D eigenvalue weighted by atomic mass is 16.5. The summed E-state index contributed by atoms with van der Waals surface area (Å²) in [5.41, 5.74) is 0.845. The lowest BCUT2D eigenvalue weighted by Gasteiger charge is -2.37. The monoisotopic (exact) mass is 441 g/mol.